The largest absolute Gasteiger partial charge is 0.479 e. The average Bonchev–Trinajstić information content (AvgIpc) is 2.38. The van der Waals surface area contributed by atoms with Crippen molar-refractivity contribution in [3.05, 3.63) is 28.7 Å². The van der Waals surface area contributed by atoms with E-state index in [2.05, 4.69) is 21.2 Å². The molecule has 1 aromatic carbocycles. The number of rotatable bonds is 6. The van der Waals surface area contributed by atoms with Crippen LogP contribution in [0.15, 0.2) is 33.6 Å². The first-order chi connectivity index (χ1) is 9.54. The number of thioether (sulfide) groups is 1. The molecule has 116 valence electrons. The zero-order valence-corrected chi connectivity index (χ0v) is 14.4. The molecule has 0 aromatic heterocycles. The van der Waals surface area contributed by atoms with Crippen molar-refractivity contribution in [2.45, 2.75) is 36.0 Å². The maximum atomic E-state index is 12.2. The number of hydrogen-bond donors (Lipinski definition) is 3. The number of carboxylic acid groups (broad SMARTS) is 1. The van der Waals surface area contributed by atoms with Crippen molar-refractivity contribution in [2.24, 2.45) is 0 Å². The molecule has 1 amide bonds. The van der Waals surface area contributed by atoms with E-state index in [4.69, 9.17) is 5.11 Å². The highest BCUT2D eigenvalue weighted by atomic mass is 79.9. The van der Waals surface area contributed by atoms with Gasteiger partial charge in [0, 0.05) is 9.37 Å². The zero-order valence-electron chi connectivity index (χ0n) is 12.0. The summed E-state index contributed by atoms with van der Waals surface area (Å²) in [7, 11) is 0. The van der Waals surface area contributed by atoms with Crippen LogP contribution < -0.4 is 5.32 Å². The molecule has 0 spiro atoms. The van der Waals surface area contributed by atoms with Crippen LogP contribution in [0.1, 0.15) is 20.8 Å². The SMILES string of the molecule is CC(O)(CNC(=O)C(C)(C)Sc1ccc(Br)cc1)C(=O)O. The lowest BCUT2D eigenvalue weighted by molar-refractivity contribution is -0.156. The van der Waals surface area contributed by atoms with Gasteiger partial charge in [-0.05, 0) is 45.0 Å². The van der Waals surface area contributed by atoms with Gasteiger partial charge < -0.3 is 15.5 Å². The van der Waals surface area contributed by atoms with Crippen molar-refractivity contribution < 1.29 is 19.8 Å². The van der Waals surface area contributed by atoms with Crippen LogP contribution >= 0.6 is 27.7 Å². The summed E-state index contributed by atoms with van der Waals surface area (Å²) in [4.78, 5) is 23.9. The lowest BCUT2D eigenvalue weighted by atomic mass is 10.1. The molecular weight excluding hydrogens is 358 g/mol. The Balaban J connectivity index is 2.67. The van der Waals surface area contributed by atoms with Crippen molar-refractivity contribution in [1.82, 2.24) is 5.32 Å². The van der Waals surface area contributed by atoms with Crippen LogP contribution in [-0.2, 0) is 9.59 Å². The van der Waals surface area contributed by atoms with E-state index in [9.17, 15) is 14.7 Å². The highest BCUT2D eigenvalue weighted by molar-refractivity contribution is 9.10. The summed E-state index contributed by atoms with van der Waals surface area (Å²) in [5.74, 6) is -1.71. The molecule has 0 radical (unpaired) electrons. The van der Waals surface area contributed by atoms with Crippen molar-refractivity contribution in [3.8, 4) is 0 Å². The Morgan fingerprint density at radius 1 is 1.24 bits per heavy atom. The lowest BCUT2D eigenvalue weighted by Gasteiger charge is -2.25. The first-order valence-electron chi connectivity index (χ1n) is 6.23. The minimum atomic E-state index is -1.98. The smallest absolute Gasteiger partial charge is 0.337 e. The maximum absolute atomic E-state index is 12.2. The normalized spacial score (nSPS) is 14.3. The highest BCUT2D eigenvalue weighted by Crippen LogP contribution is 2.33. The first-order valence-corrected chi connectivity index (χ1v) is 7.84. The van der Waals surface area contributed by atoms with Gasteiger partial charge in [-0.15, -0.1) is 11.8 Å². The topological polar surface area (TPSA) is 86.6 Å². The fourth-order valence-corrected chi connectivity index (χ4v) is 2.68. The number of amides is 1. The van der Waals surface area contributed by atoms with Crippen LogP contribution in [0, 0.1) is 0 Å². The van der Waals surface area contributed by atoms with Gasteiger partial charge in [-0.1, -0.05) is 15.9 Å². The van der Waals surface area contributed by atoms with E-state index in [-0.39, 0.29) is 12.5 Å². The van der Waals surface area contributed by atoms with Gasteiger partial charge in [0.15, 0.2) is 5.60 Å². The molecule has 0 aliphatic rings. The fourth-order valence-electron chi connectivity index (χ4n) is 1.38. The number of halogens is 1. The van der Waals surface area contributed by atoms with Crippen molar-refractivity contribution in [1.29, 1.82) is 0 Å². The number of nitrogens with one attached hydrogen (secondary N) is 1. The van der Waals surface area contributed by atoms with Crippen LogP contribution in [0.2, 0.25) is 0 Å². The third kappa shape index (κ3) is 5.33. The average molecular weight is 376 g/mol. The van der Waals surface area contributed by atoms with Gasteiger partial charge in [0.2, 0.25) is 5.91 Å². The van der Waals surface area contributed by atoms with E-state index in [1.165, 1.54) is 11.8 Å². The van der Waals surface area contributed by atoms with E-state index in [0.717, 1.165) is 16.3 Å². The van der Waals surface area contributed by atoms with Crippen LogP contribution in [-0.4, -0.2) is 39.0 Å². The molecular formula is C14H18BrNO4S. The van der Waals surface area contributed by atoms with Crippen LogP contribution in [0.3, 0.4) is 0 Å². The summed E-state index contributed by atoms with van der Waals surface area (Å²) in [6.07, 6.45) is 0. The molecule has 7 heteroatoms. The Bertz CT molecular complexity index is 528. The van der Waals surface area contributed by atoms with Gasteiger partial charge in [0.1, 0.15) is 0 Å². The lowest BCUT2D eigenvalue weighted by Crippen LogP contribution is -2.50. The van der Waals surface area contributed by atoms with E-state index >= 15 is 0 Å². The monoisotopic (exact) mass is 375 g/mol. The molecule has 1 unspecified atom stereocenters. The molecule has 1 rings (SSSR count). The summed E-state index contributed by atoms with van der Waals surface area (Å²) in [6, 6.07) is 7.53. The van der Waals surface area contributed by atoms with E-state index in [0.29, 0.717) is 0 Å². The molecule has 21 heavy (non-hydrogen) atoms. The fraction of sp³-hybridized carbons (Fsp3) is 0.429. The Kier molecular flexibility index (Phi) is 5.83. The van der Waals surface area contributed by atoms with Gasteiger partial charge in [-0.2, -0.15) is 0 Å². The number of hydrogen-bond acceptors (Lipinski definition) is 4. The Morgan fingerprint density at radius 3 is 2.24 bits per heavy atom. The number of benzene rings is 1. The summed E-state index contributed by atoms with van der Waals surface area (Å²) in [5, 5.41) is 20.9. The van der Waals surface area contributed by atoms with Crippen molar-refractivity contribution in [3.63, 3.8) is 0 Å². The predicted octanol–water partition coefficient (Wildman–Crippen LogP) is 2.27. The highest BCUT2D eigenvalue weighted by Gasteiger charge is 2.34. The summed E-state index contributed by atoms with van der Waals surface area (Å²) in [6.45, 7) is 4.28. The maximum Gasteiger partial charge on any atom is 0.337 e. The summed E-state index contributed by atoms with van der Waals surface area (Å²) in [5.41, 5.74) is -1.98. The molecule has 0 heterocycles. The Labute approximate surface area is 136 Å². The Morgan fingerprint density at radius 2 is 1.76 bits per heavy atom. The number of carbonyl (C=O) groups excluding carboxylic acids is 1. The Hall–Kier alpha value is -1.05. The third-order valence-electron chi connectivity index (χ3n) is 2.79. The molecule has 0 saturated heterocycles. The predicted molar refractivity (Wildman–Crippen MR) is 85.3 cm³/mol. The van der Waals surface area contributed by atoms with Crippen LogP contribution in [0.5, 0.6) is 0 Å². The van der Waals surface area contributed by atoms with Crippen molar-refractivity contribution >= 4 is 39.6 Å². The van der Waals surface area contributed by atoms with Crippen molar-refractivity contribution in [2.75, 3.05) is 6.54 Å². The molecule has 0 fully saturated rings. The van der Waals surface area contributed by atoms with Gasteiger partial charge in [0.25, 0.3) is 0 Å². The van der Waals surface area contributed by atoms with Gasteiger partial charge >= 0.3 is 5.97 Å². The summed E-state index contributed by atoms with van der Waals surface area (Å²) >= 11 is 4.70. The molecule has 3 N–H and O–H groups in total. The van der Waals surface area contributed by atoms with Gasteiger partial charge in [-0.3, -0.25) is 4.79 Å². The third-order valence-corrected chi connectivity index (χ3v) is 4.52. The van der Waals surface area contributed by atoms with Gasteiger partial charge in [-0.25, -0.2) is 4.79 Å². The molecule has 5 nitrogen and oxygen atoms in total. The van der Waals surface area contributed by atoms with E-state index in [1.807, 2.05) is 24.3 Å². The number of aliphatic carboxylic acids is 1. The number of carbonyl (C=O) groups is 2. The van der Waals surface area contributed by atoms with E-state index in [1.54, 1.807) is 13.8 Å². The molecule has 0 aliphatic heterocycles. The number of aliphatic hydroxyl groups is 1. The minimum absolute atomic E-state index is 0.336. The molecule has 1 aromatic rings. The van der Waals surface area contributed by atoms with E-state index < -0.39 is 16.3 Å². The molecule has 1 atom stereocenters. The summed E-state index contributed by atoms with van der Waals surface area (Å²) < 4.78 is 0.161. The standard InChI is InChI=1S/C14H18BrNO4S/c1-13(2,21-10-6-4-9(15)5-7-10)11(17)16-8-14(3,20)12(18)19/h4-7,20H,8H2,1-3H3,(H,16,17)(H,18,19). The second-order valence-electron chi connectivity index (χ2n) is 5.33. The minimum Gasteiger partial charge on any atom is -0.479 e. The molecule has 0 saturated carbocycles. The second-order valence-corrected chi connectivity index (χ2v) is 7.94. The molecule has 0 aliphatic carbocycles. The first kappa shape index (κ1) is 18.0. The zero-order chi connectivity index (χ0) is 16.3. The second kappa shape index (κ2) is 6.81. The van der Waals surface area contributed by atoms with Gasteiger partial charge in [0.05, 0.1) is 11.3 Å². The van der Waals surface area contributed by atoms with Crippen LogP contribution in [0.4, 0.5) is 0 Å². The quantitative estimate of drug-likeness (QED) is 0.663. The van der Waals surface area contributed by atoms with Crippen LogP contribution in [0.25, 0.3) is 0 Å². The molecule has 0 bridgehead atoms. The number of carboxylic acids is 1.